The van der Waals surface area contributed by atoms with Crippen molar-refractivity contribution in [3.05, 3.63) is 44.3 Å². The van der Waals surface area contributed by atoms with Crippen molar-refractivity contribution in [2.75, 3.05) is 0 Å². The molecular weight excluding hydrogens is 240 g/mol. The molecule has 2 rings (SSSR count). The first-order valence-electron chi connectivity index (χ1n) is 4.69. The van der Waals surface area contributed by atoms with E-state index < -0.39 is 5.97 Å². The molecule has 0 atom stereocenters. The number of aryl methyl sites for hydroxylation is 1. The standard InChI is InChI=1S/C12H10O2S2/c1-8-4-10(16-6-8)5-11(12(13)14)9-2-3-15-7-9/h2-7H,1H3,(H,13,14). The Bertz CT molecular complexity index is 521. The van der Waals surface area contributed by atoms with Crippen LogP contribution in [0, 0.1) is 6.92 Å². The van der Waals surface area contributed by atoms with Gasteiger partial charge in [0.25, 0.3) is 0 Å². The third kappa shape index (κ3) is 2.40. The molecular formula is C12H10O2S2. The van der Waals surface area contributed by atoms with Gasteiger partial charge >= 0.3 is 5.97 Å². The molecule has 2 aromatic heterocycles. The zero-order valence-corrected chi connectivity index (χ0v) is 10.3. The van der Waals surface area contributed by atoms with E-state index in [1.54, 1.807) is 17.4 Å². The molecule has 0 aromatic carbocycles. The van der Waals surface area contributed by atoms with Crippen LogP contribution in [0.1, 0.15) is 16.0 Å². The maximum atomic E-state index is 11.2. The van der Waals surface area contributed by atoms with Crippen LogP contribution >= 0.6 is 22.7 Å². The van der Waals surface area contributed by atoms with Gasteiger partial charge < -0.3 is 5.11 Å². The lowest BCUT2D eigenvalue weighted by Crippen LogP contribution is -1.97. The summed E-state index contributed by atoms with van der Waals surface area (Å²) in [5.41, 5.74) is 2.28. The van der Waals surface area contributed by atoms with E-state index in [1.165, 1.54) is 11.3 Å². The van der Waals surface area contributed by atoms with Crippen molar-refractivity contribution in [1.29, 1.82) is 0 Å². The summed E-state index contributed by atoms with van der Waals surface area (Å²) in [5.74, 6) is -0.885. The first kappa shape index (κ1) is 11.1. The zero-order valence-electron chi connectivity index (χ0n) is 8.64. The average Bonchev–Trinajstić information content (AvgIpc) is 2.84. The number of hydrogen-bond donors (Lipinski definition) is 1. The summed E-state index contributed by atoms with van der Waals surface area (Å²) >= 11 is 3.06. The molecule has 0 aliphatic carbocycles. The Labute approximate surface area is 101 Å². The number of thiophene rings is 2. The molecule has 0 bridgehead atoms. The van der Waals surface area contributed by atoms with E-state index in [0.717, 1.165) is 16.0 Å². The van der Waals surface area contributed by atoms with Crippen LogP contribution in [-0.2, 0) is 4.79 Å². The molecule has 0 radical (unpaired) electrons. The molecule has 0 aliphatic rings. The van der Waals surface area contributed by atoms with Crippen LogP contribution in [0.25, 0.3) is 11.6 Å². The first-order chi connectivity index (χ1) is 7.66. The number of carboxylic acid groups (broad SMARTS) is 1. The predicted molar refractivity (Wildman–Crippen MR) is 68.9 cm³/mol. The van der Waals surface area contributed by atoms with Crippen molar-refractivity contribution < 1.29 is 9.90 Å². The van der Waals surface area contributed by atoms with Crippen molar-refractivity contribution >= 4 is 40.3 Å². The molecule has 0 spiro atoms. The van der Waals surface area contributed by atoms with E-state index in [0.29, 0.717) is 5.57 Å². The van der Waals surface area contributed by atoms with E-state index in [1.807, 2.05) is 35.2 Å². The van der Waals surface area contributed by atoms with Gasteiger partial charge in [0.15, 0.2) is 0 Å². The van der Waals surface area contributed by atoms with Crippen LogP contribution < -0.4 is 0 Å². The second-order valence-electron chi connectivity index (χ2n) is 3.40. The second kappa shape index (κ2) is 4.63. The Morgan fingerprint density at radius 1 is 1.44 bits per heavy atom. The number of hydrogen-bond acceptors (Lipinski definition) is 3. The number of aliphatic carboxylic acids is 1. The lowest BCUT2D eigenvalue weighted by Gasteiger charge is -1.97. The Kier molecular flexibility index (Phi) is 3.22. The van der Waals surface area contributed by atoms with Crippen molar-refractivity contribution in [1.82, 2.24) is 0 Å². The maximum Gasteiger partial charge on any atom is 0.336 e. The van der Waals surface area contributed by atoms with Crippen LogP contribution in [0.3, 0.4) is 0 Å². The van der Waals surface area contributed by atoms with Gasteiger partial charge in [-0.15, -0.1) is 11.3 Å². The fourth-order valence-electron chi connectivity index (χ4n) is 1.36. The minimum Gasteiger partial charge on any atom is -0.478 e. The Hall–Kier alpha value is -1.39. The summed E-state index contributed by atoms with van der Waals surface area (Å²) in [7, 11) is 0. The van der Waals surface area contributed by atoms with E-state index >= 15 is 0 Å². The summed E-state index contributed by atoms with van der Waals surface area (Å²) in [6, 6.07) is 3.81. The normalized spacial score (nSPS) is 11.7. The van der Waals surface area contributed by atoms with E-state index in [2.05, 4.69) is 0 Å². The minimum atomic E-state index is -0.885. The molecule has 2 heterocycles. The van der Waals surface area contributed by atoms with Gasteiger partial charge in [-0.1, -0.05) is 0 Å². The molecule has 0 saturated carbocycles. The highest BCUT2D eigenvalue weighted by Gasteiger charge is 2.11. The fourth-order valence-corrected chi connectivity index (χ4v) is 2.84. The summed E-state index contributed by atoms with van der Waals surface area (Å²) in [5, 5.41) is 14.9. The molecule has 16 heavy (non-hydrogen) atoms. The SMILES string of the molecule is Cc1csc(C=C(C(=O)O)c2ccsc2)c1. The molecule has 1 N–H and O–H groups in total. The highest BCUT2D eigenvalue weighted by atomic mass is 32.1. The van der Waals surface area contributed by atoms with Gasteiger partial charge in [-0.25, -0.2) is 4.79 Å². The third-order valence-corrected chi connectivity index (χ3v) is 3.78. The van der Waals surface area contributed by atoms with Crippen LogP contribution in [0.15, 0.2) is 28.3 Å². The van der Waals surface area contributed by atoms with Crippen LogP contribution in [0.4, 0.5) is 0 Å². The van der Waals surface area contributed by atoms with E-state index in [-0.39, 0.29) is 0 Å². The van der Waals surface area contributed by atoms with E-state index in [4.69, 9.17) is 5.11 Å². The lowest BCUT2D eigenvalue weighted by molar-refractivity contribution is -0.130. The van der Waals surface area contributed by atoms with Gasteiger partial charge in [-0.05, 0) is 52.4 Å². The number of carbonyl (C=O) groups is 1. The first-order valence-corrected chi connectivity index (χ1v) is 6.52. The molecule has 2 aromatic rings. The smallest absolute Gasteiger partial charge is 0.336 e. The summed E-state index contributed by atoms with van der Waals surface area (Å²) in [4.78, 5) is 12.1. The van der Waals surface area contributed by atoms with Crippen molar-refractivity contribution in [3.63, 3.8) is 0 Å². The van der Waals surface area contributed by atoms with Crippen LogP contribution in [0.2, 0.25) is 0 Å². The Morgan fingerprint density at radius 3 is 2.75 bits per heavy atom. The molecule has 4 heteroatoms. The largest absolute Gasteiger partial charge is 0.478 e. The number of rotatable bonds is 3. The third-order valence-electron chi connectivity index (χ3n) is 2.10. The van der Waals surface area contributed by atoms with Gasteiger partial charge in [0.05, 0.1) is 5.57 Å². The van der Waals surface area contributed by atoms with Gasteiger partial charge in [-0.3, -0.25) is 0 Å². The van der Waals surface area contributed by atoms with Gasteiger partial charge in [0.1, 0.15) is 0 Å². The minimum absolute atomic E-state index is 0.350. The summed E-state index contributed by atoms with van der Waals surface area (Å²) in [6.07, 6.45) is 1.72. The monoisotopic (exact) mass is 250 g/mol. The number of carboxylic acids is 1. The molecule has 0 saturated heterocycles. The van der Waals surface area contributed by atoms with Crippen molar-refractivity contribution in [3.8, 4) is 0 Å². The van der Waals surface area contributed by atoms with E-state index in [9.17, 15) is 4.79 Å². The lowest BCUT2D eigenvalue weighted by atomic mass is 10.1. The highest BCUT2D eigenvalue weighted by molar-refractivity contribution is 7.11. The fraction of sp³-hybridized carbons (Fsp3) is 0.0833. The average molecular weight is 250 g/mol. The predicted octanol–water partition coefficient (Wildman–Crippen LogP) is 3.74. The van der Waals surface area contributed by atoms with Crippen molar-refractivity contribution in [2.24, 2.45) is 0 Å². The Balaban J connectivity index is 2.41. The quantitative estimate of drug-likeness (QED) is 0.842. The van der Waals surface area contributed by atoms with Crippen LogP contribution in [0.5, 0.6) is 0 Å². The summed E-state index contributed by atoms with van der Waals surface area (Å²) in [6.45, 7) is 2.00. The van der Waals surface area contributed by atoms with Gasteiger partial charge in [-0.2, -0.15) is 11.3 Å². The Morgan fingerprint density at radius 2 is 2.25 bits per heavy atom. The molecule has 82 valence electrons. The molecule has 2 nitrogen and oxygen atoms in total. The summed E-state index contributed by atoms with van der Waals surface area (Å²) < 4.78 is 0. The molecule has 0 aliphatic heterocycles. The highest BCUT2D eigenvalue weighted by Crippen LogP contribution is 2.24. The zero-order chi connectivity index (χ0) is 11.5. The van der Waals surface area contributed by atoms with Gasteiger partial charge in [0.2, 0.25) is 0 Å². The van der Waals surface area contributed by atoms with Crippen LogP contribution in [-0.4, -0.2) is 11.1 Å². The van der Waals surface area contributed by atoms with Crippen molar-refractivity contribution in [2.45, 2.75) is 6.92 Å². The molecule has 0 unspecified atom stereocenters. The maximum absolute atomic E-state index is 11.2. The topological polar surface area (TPSA) is 37.3 Å². The second-order valence-corrected chi connectivity index (χ2v) is 5.12. The molecule has 0 fully saturated rings. The molecule has 0 amide bonds. The van der Waals surface area contributed by atoms with Gasteiger partial charge in [0, 0.05) is 4.88 Å².